The summed E-state index contributed by atoms with van der Waals surface area (Å²) in [6.07, 6.45) is 95.8. The van der Waals surface area contributed by atoms with Gasteiger partial charge in [-0.1, -0.05) is 398 Å². The summed E-state index contributed by atoms with van der Waals surface area (Å²) in [6, 6.07) is -0.626. The van der Waals surface area contributed by atoms with Gasteiger partial charge in [0, 0.05) is 12.8 Å². The predicted molar refractivity (Wildman–Crippen MR) is 375 cm³/mol. The molecule has 0 spiro atoms. The Morgan fingerprint density at radius 1 is 0.318 bits per heavy atom. The molecule has 0 aliphatic rings. The van der Waals surface area contributed by atoms with Gasteiger partial charge >= 0.3 is 5.97 Å². The molecule has 2 unspecified atom stereocenters. The number of aliphatic hydroxyl groups is 2. The van der Waals surface area contributed by atoms with E-state index in [0.717, 1.165) is 44.9 Å². The molecule has 6 heteroatoms. The third kappa shape index (κ3) is 71.3. The van der Waals surface area contributed by atoms with E-state index in [2.05, 4.69) is 31.3 Å². The summed E-state index contributed by atoms with van der Waals surface area (Å²) in [7, 11) is 0. The molecule has 0 aliphatic heterocycles. The van der Waals surface area contributed by atoms with Gasteiger partial charge in [0.25, 0.3) is 0 Å². The number of rotatable bonds is 74. The van der Waals surface area contributed by atoms with Crippen molar-refractivity contribution in [2.45, 2.75) is 456 Å². The molecule has 0 aromatic heterocycles. The van der Waals surface area contributed by atoms with Crippen molar-refractivity contribution in [3.8, 4) is 0 Å². The van der Waals surface area contributed by atoms with Crippen molar-refractivity contribution < 1.29 is 24.5 Å². The second-order valence-electron chi connectivity index (χ2n) is 27.0. The zero-order valence-electron chi connectivity index (χ0n) is 57.9. The van der Waals surface area contributed by atoms with E-state index in [1.54, 1.807) is 6.08 Å². The molecule has 85 heavy (non-hydrogen) atoms. The number of hydrogen-bond donors (Lipinski definition) is 3. The van der Waals surface area contributed by atoms with Gasteiger partial charge in [-0.2, -0.15) is 0 Å². The molecule has 2 atom stereocenters. The fourth-order valence-corrected chi connectivity index (χ4v) is 12.5. The van der Waals surface area contributed by atoms with Crippen molar-refractivity contribution in [3.05, 3.63) is 24.3 Å². The molecule has 0 rings (SSSR count). The first-order chi connectivity index (χ1) is 42.0. The van der Waals surface area contributed by atoms with Gasteiger partial charge in [0.05, 0.1) is 25.4 Å². The molecule has 3 N–H and O–H groups in total. The van der Waals surface area contributed by atoms with Crippen LogP contribution in [0.15, 0.2) is 24.3 Å². The molecule has 0 saturated carbocycles. The van der Waals surface area contributed by atoms with Crippen LogP contribution < -0.4 is 5.32 Å². The molecule has 0 aromatic carbocycles. The standard InChI is InChI=1S/C79H153NO5/c1-3-5-7-9-11-13-15-17-19-20-21-22-34-37-40-44-47-51-55-59-63-67-71-77(82)76(75-81)80-78(83)72-68-64-60-56-52-48-45-41-38-35-32-30-28-26-24-23-25-27-29-31-33-36-39-42-46-50-54-58-62-66-70-74-85-79(84)73-69-65-61-57-53-49-43-18-16-14-12-10-8-6-4-2/h18,43,67,71,76-77,81-82H,3-17,19-42,44-66,68-70,72-75H2,1-2H3,(H,80,83)/b43-18-,71-67+. The number of ether oxygens (including phenoxy) is 1. The number of esters is 1. The van der Waals surface area contributed by atoms with E-state index < -0.39 is 12.1 Å². The van der Waals surface area contributed by atoms with Crippen LogP contribution in [-0.2, 0) is 14.3 Å². The molecule has 504 valence electrons. The van der Waals surface area contributed by atoms with E-state index in [-0.39, 0.29) is 18.5 Å². The molecule has 6 nitrogen and oxygen atoms in total. The van der Waals surface area contributed by atoms with Gasteiger partial charge < -0.3 is 20.3 Å². The Morgan fingerprint density at radius 2 is 0.553 bits per heavy atom. The Hall–Kier alpha value is -1.66. The highest BCUT2D eigenvalue weighted by atomic mass is 16.5. The monoisotopic (exact) mass is 1200 g/mol. The molecule has 0 fully saturated rings. The fourth-order valence-electron chi connectivity index (χ4n) is 12.5. The number of nitrogens with one attached hydrogen (secondary N) is 1. The molecule has 0 bridgehead atoms. The minimum Gasteiger partial charge on any atom is -0.466 e. The normalized spacial score (nSPS) is 12.6. The first-order valence-electron chi connectivity index (χ1n) is 39.1. The quantitative estimate of drug-likeness (QED) is 0.0320. The van der Waals surface area contributed by atoms with Gasteiger partial charge in [-0.25, -0.2) is 0 Å². The Balaban J connectivity index is 3.35. The Kier molecular flexibility index (Phi) is 73.3. The van der Waals surface area contributed by atoms with Crippen LogP contribution in [0.25, 0.3) is 0 Å². The molecule has 1 amide bonds. The molecular formula is C79H153NO5. The van der Waals surface area contributed by atoms with Crippen LogP contribution in [0.1, 0.15) is 444 Å². The SMILES string of the molecule is CCCCCCCC/C=C\CCCCCCCC(=O)OCCCCCCCCCCCCCCCCCCCCCCCCCCCCCCCCCC(=O)NC(CO)C(O)/C=C/CCCCCCCCCCCCCCCCCCCCCC. The lowest BCUT2D eigenvalue weighted by molar-refractivity contribution is -0.143. The van der Waals surface area contributed by atoms with E-state index in [1.165, 1.54) is 372 Å². The first-order valence-corrected chi connectivity index (χ1v) is 39.1. The molecule has 0 aliphatic carbocycles. The second-order valence-corrected chi connectivity index (χ2v) is 27.0. The first kappa shape index (κ1) is 83.3. The fraction of sp³-hybridized carbons (Fsp3) is 0.924. The molecule has 0 saturated heterocycles. The summed E-state index contributed by atoms with van der Waals surface area (Å²) in [5.41, 5.74) is 0. The van der Waals surface area contributed by atoms with Crippen LogP contribution in [0.3, 0.4) is 0 Å². The van der Waals surface area contributed by atoms with Crippen LogP contribution in [0.2, 0.25) is 0 Å². The zero-order chi connectivity index (χ0) is 61.3. The molecular weight excluding hydrogens is 1040 g/mol. The predicted octanol–water partition coefficient (Wildman–Crippen LogP) is 25.7. The zero-order valence-corrected chi connectivity index (χ0v) is 57.9. The average molecular weight is 1200 g/mol. The van der Waals surface area contributed by atoms with Gasteiger partial charge in [0.15, 0.2) is 0 Å². The highest BCUT2D eigenvalue weighted by Crippen LogP contribution is 2.20. The van der Waals surface area contributed by atoms with Gasteiger partial charge in [-0.3, -0.25) is 9.59 Å². The third-order valence-corrected chi connectivity index (χ3v) is 18.5. The lowest BCUT2D eigenvalue weighted by Gasteiger charge is -2.20. The van der Waals surface area contributed by atoms with Crippen LogP contribution in [0.4, 0.5) is 0 Å². The van der Waals surface area contributed by atoms with Crippen molar-refractivity contribution in [2.24, 2.45) is 0 Å². The Morgan fingerprint density at radius 3 is 0.835 bits per heavy atom. The highest BCUT2D eigenvalue weighted by molar-refractivity contribution is 5.76. The van der Waals surface area contributed by atoms with Crippen LogP contribution in [0.5, 0.6) is 0 Å². The van der Waals surface area contributed by atoms with Crippen LogP contribution in [-0.4, -0.2) is 47.4 Å². The molecule has 0 heterocycles. The lowest BCUT2D eigenvalue weighted by atomic mass is 10.0. The topological polar surface area (TPSA) is 95.9 Å². The summed E-state index contributed by atoms with van der Waals surface area (Å²) in [6.45, 7) is 4.95. The minimum atomic E-state index is -0.843. The molecule has 0 aromatic rings. The minimum absolute atomic E-state index is 0.0134. The van der Waals surface area contributed by atoms with Crippen molar-refractivity contribution in [2.75, 3.05) is 13.2 Å². The van der Waals surface area contributed by atoms with Crippen LogP contribution >= 0.6 is 0 Å². The number of hydrogen-bond acceptors (Lipinski definition) is 5. The van der Waals surface area contributed by atoms with Crippen molar-refractivity contribution in [1.82, 2.24) is 5.32 Å². The number of aliphatic hydroxyl groups excluding tert-OH is 2. The Labute approximate surface area is 532 Å². The van der Waals surface area contributed by atoms with Crippen molar-refractivity contribution in [1.29, 1.82) is 0 Å². The third-order valence-electron chi connectivity index (χ3n) is 18.5. The maximum absolute atomic E-state index is 12.5. The summed E-state index contributed by atoms with van der Waals surface area (Å²) >= 11 is 0. The van der Waals surface area contributed by atoms with E-state index in [4.69, 9.17) is 4.74 Å². The number of unbranched alkanes of at least 4 members (excludes halogenated alkanes) is 61. The second kappa shape index (κ2) is 74.8. The van der Waals surface area contributed by atoms with Gasteiger partial charge in [-0.15, -0.1) is 0 Å². The maximum Gasteiger partial charge on any atom is 0.305 e. The average Bonchev–Trinajstić information content (AvgIpc) is 3.51. The number of carbonyl (C=O) groups is 2. The summed E-state index contributed by atoms with van der Waals surface area (Å²) in [5.74, 6) is -0.0454. The Bertz CT molecular complexity index is 1330. The summed E-state index contributed by atoms with van der Waals surface area (Å²) < 4.78 is 5.50. The van der Waals surface area contributed by atoms with Gasteiger partial charge in [0.1, 0.15) is 0 Å². The van der Waals surface area contributed by atoms with Gasteiger partial charge in [-0.05, 0) is 57.8 Å². The van der Waals surface area contributed by atoms with Crippen LogP contribution in [0, 0.1) is 0 Å². The van der Waals surface area contributed by atoms with Gasteiger partial charge in [0.2, 0.25) is 5.91 Å². The van der Waals surface area contributed by atoms with Crippen molar-refractivity contribution >= 4 is 11.9 Å². The lowest BCUT2D eigenvalue weighted by Crippen LogP contribution is -2.45. The smallest absolute Gasteiger partial charge is 0.305 e. The summed E-state index contributed by atoms with van der Waals surface area (Å²) in [4.78, 5) is 24.6. The number of amides is 1. The van der Waals surface area contributed by atoms with E-state index >= 15 is 0 Å². The van der Waals surface area contributed by atoms with E-state index in [9.17, 15) is 19.8 Å². The van der Waals surface area contributed by atoms with E-state index in [0.29, 0.717) is 19.4 Å². The molecule has 0 radical (unpaired) electrons. The largest absolute Gasteiger partial charge is 0.466 e. The van der Waals surface area contributed by atoms with Crippen molar-refractivity contribution in [3.63, 3.8) is 0 Å². The number of carbonyl (C=O) groups excluding carboxylic acids is 2. The van der Waals surface area contributed by atoms with E-state index in [1.807, 2.05) is 6.08 Å². The highest BCUT2D eigenvalue weighted by Gasteiger charge is 2.18. The summed E-state index contributed by atoms with van der Waals surface area (Å²) in [5, 5.41) is 23.3. The maximum atomic E-state index is 12.5. The number of allylic oxidation sites excluding steroid dienone is 3.